The molecule has 2 N–H and O–H groups in total. The summed E-state index contributed by atoms with van der Waals surface area (Å²) in [6, 6.07) is 0. The molecule has 1 saturated carbocycles. The van der Waals surface area contributed by atoms with E-state index < -0.39 is 5.54 Å². The Morgan fingerprint density at radius 1 is 1.38 bits per heavy atom. The maximum atomic E-state index is 11.9. The van der Waals surface area contributed by atoms with Crippen LogP contribution in [0.25, 0.3) is 0 Å². The summed E-state index contributed by atoms with van der Waals surface area (Å²) in [6.07, 6.45) is 7.21. The molecule has 4 heteroatoms. The molecule has 16 heavy (non-hydrogen) atoms. The monoisotopic (exact) mass is 244 g/mol. The molecular weight excluding hydrogens is 220 g/mol. The van der Waals surface area contributed by atoms with E-state index >= 15 is 0 Å². The van der Waals surface area contributed by atoms with Crippen LogP contribution in [0.5, 0.6) is 0 Å². The quantitative estimate of drug-likeness (QED) is 0.774. The maximum absolute atomic E-state index is 11.9. The average molecular weight is 244 g/mol. The molecule has 0 aromatic rings. The van der Waals surface area contributed by atoms with Crippen LogP contribution >= 0.6 is 11.8 Å². The molecule has 0 spiro atoms. The van der Waals surface area contributed by atoms with Crippen LogP contribution in [0.3, 0.4) is 0 Å². The summed E-state index contributed by atoms with van der Waals surface area (Å²) in [5, 5.41) is 6.11. The number of hydrogen-bond donors (Lipinski definition) is 2. The Morgan fingerprint density at radius 3 is 2.38 bits per heavy atom. The minimum atomic E-state index is -0.474. The van der Waals surface area contributed by atoms with Gasteiger partial charge in [0.15, 0.2) is 0 Å². The van der Waals surface area contributed by atoms with E-state index in [1.807, 2.05) is 32.7 Å². The zero-order valence-electron chi connectivity index (χ0n) is 10.9. The molecule has 1 aliphatic carbocycles. The molecule has 0 aromatic heterocycles. The van der Waals surface area contributed by atoms with Gasteiger partial charge in [-0.05, 0) is 40.0 Å². The standard InChI is InChI=1S/C12H24N2OS/c1-11(2,13-3)10(15)14-9-12(16-4)7-5-6-8-12/h13H,5-9H2,1-4H3,(H,14,15). The van der Waals surface area contributed by atoms with Crippen LogP contribution in [0.1, 0.15) is 39.5 Å². The summed E-state index contributed by atoms with van der Waals surface area (Å²) >= 11 is 1.90. The van der Waals surface area contributed by atoms with Crippen LogP contribution in [-0.2, 0) is 4.79 Å². The highest BCUT2D eigenvalue weighted by Crippen LogP contribution is 2.39. The number of likely N-dealkylation sites (N-methyl/N-ethyl adjacent to an activating group) is 1. The van der Waals surface area contributed by atoms with Gasteiger partial charge < -0.3 is 10.6 Å². The number of carbonyl (C=O) groups is 1. The fourth-order valence-electron chi connectivity index (χ4n) is 2.05. The number of rotatable bonds is 5. The third kappa shape index (κ3) is 3.14. The third-order valence-electron chi connectivity index (χ3n) is 3.71. The lowest BCUT2D eigenvalue weighted by atomic mass is 10.0. The van der Waals surface area contributed by atoms with Gasteiger partial charge in [-0.15, -0.1) is 0 Å². The molecule has 0 unspecified atom stereocenters. The minimum Gasteiger partial charge on any atom is -0.353 e. The van der Waals surface area contributed by atoms with Crippen molar-refractivity contribution in [3.8, 4) is 0 Å². The molecule has 0 bridgehead atoms. The van der Waals surface area contributed by atoms with Gasteiger partial charge in [0.05, 0.1) is 5.54 Å². The Balaban J connectivity index is 2.47. The first-order valence-electron chi connectivity index (χ1n) is 5.98. The zero-order valence-corrected chi connectivity index (χ0v) is 11.7. The molecule has 0 heterocycles. The number of amides is 1. The topological polar surface area (TPSA) is 41.1 Å². The van der Waals surface area contributed by atoms with Crippen LogP contribution in [0, 0.1) is 0 Å². The van der Waals surface area contributed by atoms with Crippen LogP contribution in [0.15, 0.2) is 0 Å². The van der Waals surface area contributed by atoms with Crippen molar-refractivity contribution in [3.63, 3.8) is 0 Å². The highest BCUT2D eigenvalue weighted by molar-refractivity contribution is 8.00. The van der Waals surface area contributed by atoms with Gasteiger partial charge >= 0.3 is 0 Å². The highest BCUT2D eigenvalue weighted by Gasteiger charge is 2.34. The highest BCUT2D eigenvalue weighted by atomic mass is 32.2. The SMILES string of the molecule is CNC(C)(C)C(=O)NCC1(SC)CCCC1. The molecule has 0 saturated heterocycles. The lowest BCUT2D eigenvalue weighted by molar-refractivity contribution is -0.126. The fraction of sp³-hybridized carbons (Fsp3) is 0.917. The molecule has 0 aliphatic heterocycles. The van der Waals surface area contributed by atoms with Gasteiger partial charge in [0.2, 0.25) is 5.91 Å². The first-order valence-corrected chi connectivity index (χ1v) is 7.21. The van der Waals surface area contributed by atoms with Crippen LogP contribution in [-0.4, -0.2) is 36.0 Å². The maximum Gasteiger partial charge on any atom is 0.239 e. The summed E-state index contributed by atoms with van der Waals surface area (Å²) in [6.45, 7) is 4.61. The van der Waals surface area contributed by atoms with Crippen molar-refractivity contribution in [1.82, 2.24) is 10.6 Å². The molecule has 1 fully saturated rings. The van der Waals surface area contributed by atoms with E-state index in [1.165, 1.54) is 25.7 Å². The number of nitrogens with one attached hydrogen (secondary N) is 2. The summed E-state index contributed by atoms with van der Waals surface area (Å²) < 4.78 is 0.291. The van der Waals surface area contributed by atoms with Gasteiger partial charge in [-0.2, -0.15) is 11.8 Å². The molecule has 1 aliphatic rings. The van der Waals surface area contributed by atoms with Crippen molar-refractivity contribution in [2.24, 2.45) is 0 Å². The first-order chi connectivity index (χ1) is 7.46. The number of hydrogen-bond acceptors (Lipinski definition) is 3. The van der Waals surface area contributed by atoms with Crippen molar-refractivity contribution in [3.05, 3.63) is 0 Å². The van der Waals surface area contributed by atoms with Gasteiger partial charge in [0.1, 0.15) is 0 Å². The molecule has 1 rings (SSSR count). The van der Waals surface area contributed by atoms with Crippen LogP contribution in [0.4, 0.5) is 0 Å². The third-order valence-corrected chi connectivity index (χ3v) is 5.13. The van der Waals surface area contributed by atoms with Crippen molar-refractivity contribution in [1.29, 1.82) is 0 Å². The molecule has 0 radical (unpaired) electrons. The van der Waals surface area contributed by atoms with E-state index in [2.05, 4.69) is 16.9 Å². The molecule has 94 valence electrons. The second kappa shape index (κ2) is 5.41. The van der Waals surface area contributed by atoms with E-state index in [4.69, 9.17) is 0 Å². The van der Waals surface area contributed by atoms with Crippen molar-refractivity contribution < 1.29 is 4.79 Å². The van der Waals surface area contributed by atoms with Crippen LogP contribution in [0.2, 0.25) is 0 Å². The fourth-order valence-corrected chi connectivity index (χ4v) is 2.96. The lowest BCUT2D eigenvalue weighted by Gasteiger charge is -2.30. The average Bonchev–Trinajstić information content (AvgIpc) is 2.75. The normalized spacial score (nSPS) is 19.8. The Kier molecular flexibility index (Phi) is 4.68. The molecule has 1 amide bonds. The largest absolute Gasteiger partial charge is 0.353 e. The second-order valence-corrected chi connectivity index (χ2v) is 6.43. The van der Waals surface area contributed by atoms with Crippen molar-refractivity contribution in [2.75, 3.05) is 19.8 Å². The Bertz CT molecular complexity index is 247. The summed E-state index contributed by atoms with van der Waals surface area (Å²) in [5.41, 5.74) is -0.474. The van der Waals surface area contributed by atoms with E-state index in [9.17, 15) is 4.79 Å². The van der Waals surface area contributed by atoms with E-state index in [0.717, 1.165) is 6.54 Å². The van der Waals surface area contributed by atoms with E-state index in [-0.39, 0.29) is 5.91 Å². The predicted molar refractivity (Wildman–Crippen MR) is 70.9 cm³/mol. The summed E-state index contributed by atoms with van der Waals surface area (Å²) in [7, 11) is 1.82. The number of thioether (sulfide) groups is 1. The van der Waals surface area contributed by atoms with Crippen molar-refractivity contribution >= 4 is 17.7 Å². The Hall–Kier alpha value is -0.220. The van der Waals surface area contributed by atoms with Gasteiger partial charge in [-0.25, -0.2) is 0 Å². The summed E-state index contributed by atoms with van der Waals surface area (Å²) in [4.78, 5) is 11.9. The van der Waals surface area contributed by atoms with Gasteiger partial charge in [0, 0.05) is 11.3 Å². The lowest BCUT2D eigenvalue weighted by Crippen LogP contribution is -2.53. The van der Waals surface area contributed by atoms with Crippen molar-refractivity contribution in [2.45, 2.75) is 49.8 Å². The van der Waals surface area contributed by atoms with E-state index in [1.54, 1.807) is 0 Å². The number of carbonyl (C=O) groups excluding carboxylic acids is 1. The van der Waals surface area contributed by atoms with Gasteiger partial charge in [-0.3, -0.25) is 4.79 Å². The minimum absolute atomic E-state index is 0.0929. The van der Waals surface area contributed by atoms with Crippen LogP contribution < -0.4 is 10.6 Å². The first kappa shape index (κ1) is 13.8. The van der Waals surface area contributed by atoms with Gasteiger partial charge in [0.25, 0.3) is 0 Å². The molecular formula is C12H24N2OS. The second-order valence-electron chi connectivity index (χ2n) is 5.15. The zero-order chi connectivity index (χ0) is 12.2. The smallest absolute Gasteiger partial charge is 0.239 e. The summed E-state index contributed by atoms with van der Waals surface area (Å²) in [5.74, 6) is 0.0929. The molecule has 3 nitrogen and oxygen atoms in total. The molecule has 0 atom stereocenters. The van der Waals surface area contributed by atoms with E-state index in [0.29, 0.717) is 4.75 Å². The Labute approximate surface area is 103 Å². The Morgan fingerprint density at radius 2 is 1.94 bits per heavy atom. The van der Waals surface area contributed by atoms with Gasteiger partial charge in [-0.1, -0.05) is 12.8 Å². The molecule has 0 aromatic carbocycles. The predicted octanol–water partition coefficient (Wildman–Crippen LogP) is 1.78.